The molecule has 1 saturated carbocycles. The first-order valence-electron chi connectivity index (χ1n) is 8.37. The Morgan fingerprint density at radius 1 is 1.04 bits per heavy atom. The largest absolute Gasteiger partial charge is 0.416 e. The minimum absolute atomic E-state index is 0.211. The summed E-state index contributed by atoms with van der Waals surface area (Å²) in [6.07, 6.45) is -2.33. The van der Waals surface area contributed by atoms with Gasteiger partial charge in [0.15, 0.2) is 6.54 Å². The van der Waals surface area contributed by atoms with Crippen LogP contribution in [-0.4, -0.2) is 18.5 Å². The summed E-state index contributed by atoms with van der Waals surface area (Å²) in [6, 6.07) is 11.0. The molecule has 2 aromatic carbocycles. The van der Waals surface area contributed by atoms with E-state index < -0.39 is 11.7 Å². The van der Waals surface area contributed by atoms with Crippen LogP contribution in [0.25, 0.3) is 0 Å². The fraction of sp³-hybridized carbons (Fsp3) is 0.316. The molecule has 0 spiro atoms. The zero-order valence-corrected chi connectivity index (χ0v) is 13.9. The zero-order chi connectivity index (χ0) is 18.7. The molecule has 1 amide bonds. The number of rotatable bonds is 6. The van der Waals surface area contributed by atoms with Crippen LogP contribution in [0.3, 0.4) is 0 Å². The van der Waals surface area contributed by atoms with Gasteiger partial charge in [-0.3, -0.25) is 4.79 Å². The molecule has 1 atom stereocenters. The maximum atomic E-state index is 13.0. The van der Waals surface area contributed by atoms with E-state index in [0.717, 1.165) is 35.4 Å². The van der Waals surface area contributed by atoms with E-state index in [1.54, 1.807) is 12.1 Å². The smallest absolute Gasteiger partial charge is 0.321 e. The van der Waals surface area contributed by atoms with Gasteiger partial charge in [0.1, 0.15) is 12.4 Å². The summed E-state index contributed by atoms with van der Waals surface area (Å²) in [5, 5.41) is 2.64. The number of carbonyl (C=O) groups excluding carboxylic acids is 1. The average molecular weight is 367 g/mol. The molecule has 2 N–H and O–H groups in total. The van der Waals surface area contributed by atoms with Crippen LogP contribution in [0.4, 0.5) is 23.2 Å². The molecule has 1 unspecified atom stereocenters. The van der Waals surface area contributed by atoms with E-state index in [2.05, 4.69) is 5.32 Å². The fourth-order valence-corrected chi connectivity index (χ4v) is 2.86. The van der Waals surface area contributed by atoms with Gasteiger partial charge < -0.3 is 10.2 Å². The number of quaternary nitrogens is 1. The van der Waals surface area contributed by atoms with E-state index in [-0.39, 0.29) is 18.3 Å². The summed E-state index contributed by atoms with van der Waals surface area (Å²) in [5.74, 6) is -0.560. The lowest BCUT2D eigenvalue weighted by molar-refractivity contribution is -0.916. The number of halogens is 4. The van der Waals surface area contributed by atoms with Crippen LogP contribution in [0.2, 0.25) is 0 Å². The van der Waals surface area contributed by atoms with Crippen LogP contribution in [0.5, 0.6) is 0 Å². The Morgan fingerprint density at radius 3 is 2.19 bits per heavy atom. The van der Waals surface area contributed by atoms with Crippen molar-refractivity contribution in [1.82, 2.24) is 0 Å². The quantitative estimate of drug-likeness (QED) is 0.756. The fourth-order valence-electron chi connectivity index (χ4n) is 2.86. The molecule has 26 heavy (non-hydrogen) atoms. The third kappa shape index (κ3) is 5.05. The van der Waals surface area contributed by atoms with Crippen LogP contribution < -0.4 is 10.2 Å². The molecule has 138 valence electrons. The second-order valence-corrected chi connectivity index (χ2v) is 6.54. The molecular formula is C19H19F4N2O+. The number of alkyl halides is 3. The van der Waals surface area contributed by atoms with Crippen LogP contribution in [0.15, 0.2) is 48.5 Å². The van der Waals surface area contributed by atoms with Crippen LogP contribution >= 0.6 is 0 Å². The molecular weight excluding hydrogens is 348 g/mol. The van der Waals surface area contributed by atoms with Crippen LogP contribution in [-0.2, 0) is 17.5 Å². The van der Waals surface area contributed by atoms with Gasteiger partial charge >= 0.3 is 6.18 Å². The van der Waals surface area contributed by atoms with Gasteiger partial charge in [0.2, 0.25) is 0 Å². The predicted octanol–water partition coefficient (Wildman–Crippen LogP) is 3.03. The van der Waals surface area contributed by atoms with Gasteiger partial charge in [-0.15, -0.1) is 0 Å². The molecule has 3 rings (SSSR count). The molecule has 0 aromatic heterocycles. The molecule has 3 nitrogen and oxygen atoms in total. The van der Waals surface area contributed by atoms with Crippen molar-refractivity contribution in [2.75, 3.05) is 11.9 Å². The van der Waals surface area contributed by atoms with E-state index in [1.165, 1.54) is 24.3 Å². The highest BCUT2D eigenvalue weighted by molar-refractivity contribution is 5.91. The SMILES string of the molecule is O=C(C[NH+](Cc1ccc(F)cc1)C1CC1)Nc1ccc(C(F)(F)F)cc1. The van der Waals surface area contributed by atoms with Crippen LogP contribution in [0.1, 0.15) is 24.0 Å². The highest BCUT2D eigenvalue weighted by Crippen LogP contribution is 2.29. The Hall–Kier alpha value is -2.41. The van der Waals surface area contributed by atoms with Crippen molar-refractivity contribution in [2.45, 2.75) is 31.6 Å². The minimum Gasteiger partial charge on any atom is -0.321 e. The summed E-state index contributed by atoms with van der Waals surface area (Å²) in [7, 11) is 0. The first kappa shape index (κ1) is 18.4. The minimum atomic E-state index is -4.40. The standard InChI is InChI=1S/C19H18F4N2O/c20-15-5-1-13(2-6-15)11-25(17-9-10-17)12-18(26)24-16-7-3-14(4-8-16)19(21,22)23/h1-8,17H,9-12H2,(H,24,26)/p+1. The number of hydrogen-bond donors (Lipinski definition) is 2. The van der Waals surface area contributed by atoms with Crippen molar-refractivity contribution in [2.24, 2.45) is 0 Å². The lowest BCUT2D eigenvalue weighted by atomic mass is 10.2. The number of benzene rings is 2. The molecule has 1 aliphatic carbocycles. The lowest BCUT2D eigenvalue weighted by Gasteiger charge is -2.19. The molecule has 0 heterocycles. The number of carbonyl (C=O) groups is 1. The van der Waals surface area contributed by atoms with Crippen molar-refractivity contribution < 1.29 is 27.3 Å². The van der Waals surface area contributed by atoms with Gasteiger partial charge in [-0.25, -0.2) is 4.39 Å². The van der Waals surface area contributed by atoms with E-state index >= 15 is 0 Å². The summed E-state index contributed by atoms with van der Waals surface area (Å²) >= 11 is 0. The monoisotopic (exact) mass is 367 g/mol. The highest BCUT2D eigenvalue weighted by atomic mass is 19.4. The lowest BCUT2D eigenvalue weighted by Crippen LogP contribution is -3.13. The van der Waals surface area contributed by atoms with Crippen molar-refractivity contribution in [3.8, 4) is 0 Å². The molecule has 0 radical (unpaired) electrons. The van der Waals surface area contributed by atoms with Crippen molar-refractivity contribution >= 4 is 11.6 Å². The predicted molar refractivity (Wildman–Crippen MR) is 89.0 cm³/mol. The van der Waals surface area contributed by atoms with E-state index in [4.69, 9.17) is 0 Å². The number of anilines is 1. The second-order valence-electron chi connectivity index (χ2n) is 6.54. The second kappa shape index (κ2) is 7.45. The number of nitrogens with one attached hydrogen (secondary N) is 2. The normalized spacial score (nSPS) is 15.5. The third-order valence-corrected chi connectivity index (χ3v) is 4.38. The average Bonchev–Trinajstić information content (AvgIpc) is 3.41. The van der Waals surface area contributed by atoms with Gasteiger partial charge in [0.25, 0.3) is 5.91 Å². The van der Waals surface area contributed by atoms with Gasteiger partial charge in [-0.2, -0.15) is 13.2 Å². The maximum absolute atomic E-state index is 13.0. The van der Waals surface area contributed by atoms with Crippen molar-refractivity contribution in [3.63, 3.8) is 0 Å². The number of hydrogen-bond acceptors (Lipinski definition) is 1. The Morgan fingerprint density at radius 2 is 1.65 bits per heavy atom. The van der Waals surface area contributed by atoms with Gasteiger partial charge in [0, 0.05) is 24.1 Å². The van der Waals surface area contributed by atoms with Crippen LogP contribution in [0, 0.1) is 5.82 Å². The Kier molecular flexibility index (Phi) is 5.27. The van der Waals surface area contributed by atoms with E-state index in [0.29, 0.717) is 18.3 Å². The Labute approximate surface area is 148 Å². The van der Waals surface area contributed by atoms with Crippen molar-refractivity contribution in [3.05, 3.63) is 65.5 Å². The van der Waals surface area contributed by atoms with Gasteiger partial charge in [-0.05, 0) is 36.4 Å². The summed E-state index contributed by atoms with van der Waals surface area (Å²) in [4.78, 5) is 13.3. The van der Waals surface area contributed by atoms with E-state index in [1.807, 2.05) is 0 Å². The Balaban J connectivity index is 1.59. The molecule has 0 aliphatic heterocycles. The van der Waals surface area contributed by atoms with Crippen molar-refractivity contribution in [1.29, 1.82) is 0 Å². The van der Waals surface area contributed by atoms with Gasteiger partial charge in [-0.1, -0.05) is 12.1 Å². The highest BCUT2D eigenvalue weighted by Gasteiger charge is 2.34. The molecule has 0 saturated heterocycles. The number of amides is 1. The zero-order valence-electron chi connectivity index (χ0n) is 13.9. The molecule has 2 aromatic rings. The molecule has 7 heteroatoms. The summed E-state index contributed by atoms with van der Waals surface area (Å²) in [5.41, 5.74) is 0.521. The van der Waals surface area contributed by atoms with E-state index in [9.17, 15) is 22.4 Å². The topological polar surface area (TPSA) is 33.5 Å². The molecule has 1 fully saturated rings. The molecule has 1 aliphatic rings. The third-order valence-electron chi connectivity index (χ3n) is 4.38. The first-order chi connectivity index (χ1) is 12.3. The maximum Gasteiger partial charge on any atom is 0.416 e. The molecule has 0 bridgehead atoms. The first-order valence-corrected chi connectivity index (χ1v) is 8.37. The Bertz CT molecular complexity index is 753. The van der Waals surface area contributed by atoms with Gasteiger partial charge in [0.05, 0.1) is 11.6 Å². The summed E-state index contributed by atoms with van der Waals surface area (Å²) in [6.45, 7) is 0.814. The summed E-state index contributed by atoms with van der Waals surface area (Å²) < 4.78 is 50.7.